The van der Waals surface area contributed by atoms with Gasteiger partial charge in [0.25, 0.3) is 5.91 Å². The number of nitrogens with one attached hydrogen (secondary N) is 1. The van der Waals surface area contributed by atoms with E-state index in [2.05, 4.69) is 36.2 Å². The third-order valence-electron chi connectivity index (χ3n) is 5.10. The summed E-state index contributed by atoms with van der Waals surface area (Å²) in [7, 11) is 0. The number of hydrogen-bond donors (Lipinski definition) is 2. The second kappa shape index (κ2) is 8.48. The first-order chi connectivity index (χ1) is 15.2. The number of hydrogen-bond acceptors (Lipinski definition) is 6. The molecular weight excluding hydrogens is 494 g/mol. The summed E-state index contributed by atoms with van der Waals surface area (Å²) in [5.74, 6) is 0.000489. The average molecular weight is 515 g/mol. The molecule has 8 nitrogen and oxygen atoms in total. The number of pyridine rings is 1. The summed E-state index contributed by atoms with van der Waals surface area (Å²) < 4.78 is 2.33. The van der Waals surface area contributed by atoms with E-state index in [1.807, 2.05) is 45.0 Å². The van der Waals surface area contributed by atoms with Crippen LogP contribution in [0.4, 0.5) is 5.82 Å². The minimum Gasteiger partial charge on any atom is -0.383 e. The molecule has 0 saturated heterocycles. The molecule has 0 atom stereocenters. The fraction of sp³-hybridized carbons (Fsp3) is 0.227. The first-order valence-corrected chi connectivity index (χ1v) is 11.0. The molecule has 1 amide bonds. The molecule has 0 saturated carbocycles. The maximum absolute atomic E-state index is 12.7. The predicted molar refractivity (Wildman–Crippen MR) is 129 cm³/mol. The van der Waals surface area contributed by atoms with Crippen molar-refractivity contribution in [3.05, 3.63) is 63.6 Å². The topological polar surface area (TPSA) is 112 Å². The number of fused-ring (bicyclic) bond motifs is 1. The van der Waals surface area contributed by atoms with Crippen molar-refractivity contribution in [2.24, 2.45) is 0 Å². The highest BCUT2D eigenvalue weighted by molar-refractivity contribution is 9.10. The summed E-state index contributed by atoms with van der Waals surface area (Å²) in [6, 6.07) is 11.3. The van der Waals surface area contributed by atoms with Crippen molar-refractivity contribution in [3.8, 4) is 11.3 Å². The van der Waals surface area contributed by atoms with E-state index >= 15 is 0 Å². The van der Waals surface area contributed by atoms with E-state index < -0.39 is 5.54 Å². The molecule has 164 valence electrons. The molecule has 0 unspecified atom stereocenters. The van der Waals surface area contributed by atoms with Gasteiger partial charge in [-0.1, -0.05) is 41.4 Å². The van der Waals surface area contributed by atoms with E-state index in [0.29, 0.717) is 27.0 Å². The number of nitrogens with zero attached hydrogens (tertiary/aromatic N) is 5. The maximum atomic E-state index is 12.7. The Labute approximate surface area is 198 Å². The van der Waals surface area contributed by atoms with Crippen LogP contribution < -0.4 is 11.1 Å². The van der Waals surface area contributed by atoms with Gasteiger partial charge in [-0.2, -0.15) is 5.10 Å². The Hall–Kier alpha value is -3.04. The normalized spacial score (nSPS) is 11.7. The van der Waals surface area contributed by atoms with Gasteiger partial charge in [-0.05, 0) is 48.8 Å². The Morgan fingerprint density at radius 3 is 2.62 bits per heavy atom. The number of amides is 1. The second-order valence-corrected chi connectivity index (χ2v) is 9.29. The number of aromatic nitrogens is 5. The summed E-state index contributed by atoms with van der Waals surface area (Å²) in [6.07, 6.45) is 1.41. The van der Waals surface area contributed by atoms with Crippen LogP contribution in [-0.4, -0.2) is 37.2 Å². The number of carbonyl (C=O) groups is 1. The van der Waals surface area contributed by atoms with Crippen LogP contribution in [0.3, 0.4) is 0 Å². The standard InChI is InChI=1S/C22H21BrClN7O/c1-12-4-6-13(7-5-12)17-16-19(25)27-11-28-20(16)31(30-17)22(2,3)10-26-21(32)18-14(23)8-9-15(24)29-18/h4-9,11H,10H2,1-3H3,(H,26,32)(H2,25,27,28). The van der Waals surface area contributed by atoms with Gasteiger partial charge in [0.05, 0.1) is 10.9 Å². The van der Waals surface area contributed by atoms with Crippen LogP contribution in [0.1, 0.15) is 29.9 Å². The lowest BCUT2D eigenvalue weighted by Gasteiger charge is -2.26. The molecule has 0 aliphatic carbocycles. The predicted octanol–water partition coefficient (Wildman–Crippen LogP) is 4.36. The molecule has 3 heterocycles. The highest BCUT2D eigenvalue weighted by Crippen LogP contribution is 2.33. The average Bonchev–Trinajstić information content (AvgIpc) is 3.16. The first kappa shape index (κ1) is 22.2. The van der Waals surface area contributed by atoms with E-state index in [9.17, 15) is 4.79 Å². The van der Waals surface area contributed by atoms with Gasteiger partial charge in [-0.3, -0.25) is 4.79 Å². The number of carbonyl (C=O) groups excluding carboxylic acids is 1. The number of benzene rings is 1. The van der Waals surface area contributed by atoms with Gasteiger partial charge in [0, 0.05) is 16.6 Å². The Morgan fingerprint density at radius 2 is 1.91 bits per heavy atom. The zero-order valence-electron chi connectivity index (χ0n) is 17.7. The summed E-state index contributed by atoms with van der Waals surface area (Å²) in [6.45, 7) is 6.20. The Morgan fingerprint density at radius 1 is 1.19 bits per heavy atom. The van der Waals surface area contributed by atoms with Gasteiger partial charge in [-0.15, -0.1) is 0 Å². The van der Waals surface area contributed by atoms with E-state index in [1.165, 1.54) is 6.33 Å². The molecule has 0 spiro atoms. The van der Waals surface area contributed by atoms with E-state index in [1.54, 1.807) is 16.8 Å². The smallest absolute Gasteiger partial charge is 0.271 e. The Bertz CT molecular complexity index is 1320. The monoisotopic (exact) mass is 513 g/mol. The van der Waals surface area contributed by atoms with E-state index in [-0.39, 0.29) is 23.3 Å². The lowest BCUT2D eigenvalue weighted by atomic mass is 10.1. The zero-order chi connectivity index (χ0) is 23.0. The molecule has 0 fully saturated rings. The van der Waals surface area contributed by atoms with Crippen molar-refractivity contribution in [1.29, 1.82) is 0 Å². The molecule has 3 N–H and O–H groups in total. The lowest BCUT2D eigenvalue weighted by molar-refractivity contribution is 0.0930. The number of rotatable bonds is 5. The first-order valence-electron chi connectivity index (χ1n) is 9.84. The van der Waals surface area contributed by atoms with Crippen LogP contribution in [0.25, 0.3) is 22.3 Å². The third-order valence-corrected chi connectivity index (χ3v) is 5.95. The molecule has 10 heteroatoms. The molecule has 4 rings (SSSR count). The SMILES string of the molecule is Cc1ccc(-c2nn(C(C)(C)CNC(=O)c3nc(Cl)ccc3Br)c3ncnc(N)c23)cc1. The molecule has 0 bridgehead atoms. The van der Waals surface area contributed by atoms with Crippen molar-refractivity contribution < 1.29 is 4.79 Å². The molecule has 3 aromatic heterocycles. The lowest BCUT2D eigenvalue weighted by Crippen LogP contribution is -2.41. The van der Waals surface area contributed by atoms with E-state index in [4.69, 9.17) is 22.4 Å². The molecule has 32 heavy (non-hydrogen) atoms. The summed E-state index contributed by atoms with van der Waals surface area (Å²) >= 11 is 9.29. The fourth-order valence-corrected chi connectivity index (χ4v) is 3.89. The zero-order valence-corrected chi connectivity index (χ0v) is 20.1. The van der Waals surface area contributed by atoms with Crippen molar-refractivity contribution in [2.45, 2.75) is 26.3 Å². The van der Waals surface area contributed by atoms with Crippen LogP contribution in [0.15, 0.2) is 47.2 Å². The third kappa shape index (κ3) is 4.18. The second-order valence-electron chi connectivity index (χ2n) is 8.04. The van der Waals surface area contributed by atoms with Gasteiger partial charge in [0.1, 0.15) is 28.7 Å². The van der Waals surface area contributed by atoms with Crippen LogP contribution >= 0.6 is 27.5 Å². The van der Waals surface area contributed by atoms with Crippen LogP contribution in [0, 0.1) is 6.92 Å². The van der Waals surface area contributed by atoms with Crippen molar-refractivity contribution >= 4 is 50.3 Å². The highest BCUT2D eigenvalue weighted by atomic mass is 79.9. The van der Waals surface area contributed by atoms with Gasteiger partial charge >= 0.3 is 0 Å². The maximum Gasteiger partial charge on any atom is 0.271 e. The minimum absolute atomic E-state index is 0.213. The molecule has 1 aromatic carbocycles. The summed E-state index contributed by atoms with van der Waals surface area (Å²) in [4.78, 5) is 25.4. The number of halogens is 2. The molecule has 0 aliphatic rings. The summed E-state index contributed by atoms with van der Waals surface area (Å²) in [5.41, 5.74) is 9.12. The van der Waals surface area contributed by atoms with Crippen molar-refractivity contribution in [1.82, 2.24) is 30.0 Å². The minimum atomic E-state index is -0.636. The quantitative estimate of drug-likeness (QED) is 0.383. The Balaban J connectivity index is 1.70. The van der Waals surface area contributed by atoms with Gasteiger partial charge < -0.3 is 11.1 Å². The van der Waals surface area contributed by atoms with Crippen LogP contribution in [0.2, 0.25) is 5.15 Å². The largest absolute Gasteiger partial charge is 0.383 e. The van der Waals surface area contributed by atoms with Crippen molar-refractivity contribution in [3.63, 3.8) is 0 Å². The molecule has 0 radical (unpaired) electrons. The van der Waals surface area contributed by atoms with Gasteiger partial charge in [0.15, 0.2) is 5.65 Å². The van der Waals surface area contributed by atoms with E-state index in [0.717, 1.165) is 11.1 Å². The van der Waals surface area contributed by atoms with Crippen molar-refractivity contribution in [2.75, 3.05) is 12.3 Å². The van der Waals surface area contributed by atoms with Crippen LogP contribution in [0.5, 0.6) is 0 Å². The van der Waals surface area contributed by atoms with Crippen LogP contribution in [-0.2, 0) is 5.54 Å². The number of nitrogen functional groups attached to an aromatic ring is 1. The Kier molecular flexibility index (Phi) is 5.87. The van der Waals surface area contributed by atoms with Gasteiger partial charge in [0.2, 0.25) is 0 Å². The fourth-order valence-electron chi connectivity index (χ4n) is 3.34. The molecule has 0 aliphatic heterocycles. The molecular formula is C22H21BrClN7O. The number of nitrogens with two attached hydrogens (primary N) is 1. The number of anilines is 1. The highest BCUT2D eigenvalue weighted by Gasteiger charge is 2.29. The molecule has 4 aromatic rings. The summed E-state index contributed by atoms with van der Waals surface area (Å²) in [5, 5.41) is 8.67. The number of aryl methyl sites for hydroxylation is 1. The van der Waals surface area contributed by atoms with Gasteiger partial charge in [-0.25, -0.2) is 19.6 Å².